The van der Waals surface area contributed by atoms with Gasteiger partial charge < -0.3 is 34.4 Å². The number of fused-ring (bicyclic) bond motifs is 1. The van der Waals surface area contributed by atoms with Crippen molar-refractivity contribution in [3.05, 3.63) is 61.2 Å². The number of nitrogens with one attached hydrogen (secondary N) is 1. The number of likely N-dealkylation sites (tertiary alicyclic amines) is 1. The van der Waals surface area contributed by atoms with E-state index in [0.29, 0.717) is 44.3 Å². The first-order chi connectivity index (χ1) is 23.6. The van der Waals surface area contributed by atoms with E-state index in [4.69, 9.17) is 14.2 Å². The minimum atomic E-state index is -1.25. The Kier molecular flexibility index (Phi) is 13.6. The summed E-state index contributed by atoms with van der Waals surface area (Å²) in [5.74, 6) is -3.58. The maximum atomic E-state index is 14.7. The van der Waals surface area contributed by atoms with Crippen LogP contribution < -0.4 is 5.32 Å². The molecule has 3 aliphatic rings. The molecule has 0 unspecified atom stereocenters. The number of ether oxygens (including phenoxy) is 3. The summed E-state index contributed by atoms with van der Waals surface area (Å²) in [7, 11) is 1.51. The van der Waals surface area contributed by atoms with E-state index in [1.807, 2.05) is 51.1 Å². The number of aliphatic hydroxyl groups excluding tert-OH is 1. The molecule has 3 fully saturated rings. The van der Waals surface area contributed by atoms with Gasteiger partial charge >= 0.3 is 5.97 Å². The van der Waals surface area contributed by atoms with Gasteiger partial charge in [-0.05, 0) is 37.2 Å². The zero-order chi connectivity index (χ0) is 35.7. The van der Waals surface area contributed by atoms with E-state index in [9.17, 15) is 24.3 Å². The maximum Gasteiger partial charge on any atom is 0.313 e. The second-order valence-electron chi connectivity index (χ2n) is 13.6. The molecule has 0 saturated carbocycles. The lowest BCUT2D eigenvalue weighted by Crippen LogP contribution is -2.59. The van der Waals surface area contributed by atoms with Crippen molar-refractivity contribution in [2.45, 2.75) is 102 Å². The van der Waals surface area contributed by atoms with E-state index in [1.54, 1.807) is 17.1 Å². The van der Waals surface area contributed by atoms with Crippen molar-refractivity contribution in [2.75, 3.05) is 33.4 Å². The molecule has 4 rings (SSSR count). The number of rotatable bonds is 20. The number of benzene rings is 1. The van der Waals surface area contributed by atoms with Crippen LogP contribution in [0.2, 0.25) is 0 Å². The van der Waals surface area contributed by atoms with Crippen LogP contribution in [-0.2, 0) is 33.4 Å². The highest BCUT2D eigenvalue weighted by atomic mass is 16.6. The van der Waals surface area contributed by atoms with Gasteiger partial charge in [-0.3, -0.25) is 19.2 Å². The number of amides is 3. The van der Waals surface area contributed by atoms with Gasteiger partial charge in [0.2, 0.25) is 17.7 Å². The van der Waals surface area contributed by atoms with Crippen LogP contribution in [0.3, 0.4) is 0 Å². The Bertz CT molecular complexity index is 1320. The average molecular weight is 682 g/mol. The molecule has 1 spiro atoms. The third-order valence-electron chi connectivity index (χ3n) is 10.5. The standard InChI is InChI=1S/C38H55N3O8/c1-7-11-18-30(43)39-27(24-47-6)33(26-16-14-13-15-17-26)48-37(46)31-29-19-20-38(49-29)32(31)35(44)41(28(23-42)25(5)10-4)34(38)36(45)40(21-9-3)22-12-8-2/h7,9,13-17,25,27-29,31-34,42H,1,3,8,10-12,18-24H2,2,4-6H3,(H,39,43)/t25-,27-,28-,29+,31-,32-,33-,34+,38-/m0/s1. The molecule has 3 heterocycles. The van der Waals surface area contributed by atoms with Gasteiger partial charge in [-0.1, -0.05) is 76.1 Å². The molecule has 49 heavy (non-hydrogen) atoms. The molecule has 11 heteroatoms. The van der Waals surface area contributed by atoms with Gasteiger partial charge in [0.1, 0.15) is 17.7 Å². The van der Waals surface area contributed by atoms with Gasteiger partial charge in [-0.15, -0.1) is 13.2 Å². The number of unbranched alkanes of at least 4 members (excludes halogenated alkanes) is 1. The van der Waals surface area contributed by atoms with Crippen LogP contribution in [0.5, 0.6) is 0 Å². The van der Waals surface area contributed by atoms with Crippen LogP contribution in [0.4, 0.5) is 0 Å². The van der Waals surface area contributed by atoms with E-state index >= 15 is 0 Å². The van der Waals surface area contributed by atoms with Crippen LogP contribution in [0.15, 0.2) is 55.6 Å². The Hall–Kier alpha value is -3.54. The van der Waals surface area contributed by atoms with E-state index in [2.05, 4.69) is 18.5 Å². The number of nitrogens with zero attached hydrogens (tertiary/aromatic N) is 2. The molecule has 1 aromatic rings. The molecule has 2 N–H and O–H groups in total. The maximum absolute atomic E-state index is 14.7. The smallest absolute Gasteiger partial charge is 0.313 e. The third kappa shape index (κ3) is 7.79. The number of methoxy groups -OCH3 is 1. The molecule has 0 radical (unpaired) electrons. The van der Waals surface area contributed by atoms with Gasteiger partial charge in [0.15, 0.2) is 0 Å². The first-order valence-electron chi connectivity index (χ1n) is 17.8. The summed E-state index contributed by atoms with van der Waals surface area (Å²) in [4.78, 5) is 59.8. The van der Waals surface area contributed by atoms with Crippen LogP contribution in [0, 0.1) is 17.8 Å². The average Bonchev–Trinajstić information content (AvgIpc) is 3.75. The fourth-order valence-corrected chi connectivity index (χ4v) is 7.90. The van der Waals surface area contributed by atoms with Crippen LogP contribution in [0.1, 0.15) is 77.4 Å². The summed E-state index contributed by atoms with van der Waals surface area (Å²) < 4.78 is 18.4. The molecule has 0 aliphatic carbocycles. The lowest BCUT2D eigenvalue weighted by Gasteiger charge is -2.41. The van der Waals surface area contributed by atoms with Gasteiger partial charge in [0.25, 0.3) is 0 Å². The van der Waals surface area contributed by atoms with Crippen molar-refractivity contribution in [1.82, 2.24) is 15.1 Å². The zero-order valence-corrected chi connectivity index (χ0v) is 29.6. The summed E-state index contributed by atoms with van der Waals surface area (Å²) in [6.07, 6.45) is 5.70. The molecule has 3 aliphatic heterocycles. The Balaban J connectivity index is 1.74. The molecule has 3 saturated heterocycles. The fraction of sp³-hybridized carbons (Fsp3) is 0.632. The lowest BCUT2D eigenvalue weighted by atomic mass is 9.70. The Morgan fingerprint density at radius 3 is 2.55 bits per heavy atom. The van der Waals surface area contributed by atoms with E-state index in [-0.39, 0.29) is 43.3 Å². The van der Waals surface area contributed by atoms with E-state index < -0.39 is 53.7 Å². The fourth-order valence-electron chi connectivity index (χ4n) is 7.90. The summed E-state index contributed by atoms with van der Waals surface area (Å²) in [6.45, 7) is 14.1. The van der Waals surface area contributed by atoms with Crippen molar-refractivity contribution >= 4 is 23.7 Å². The molecule has 2 bridgehead atoms. The third-order valence-corrected chi connectivity index (χ3v) is 10.5. The molecule has 9 atom stereocenters. The Labute approximate surface area is 291 Å². The van der Waals surface area contributed by atoms with Gasteiger partial charge in [-0.25, -0.2) is 0 Å². The molecule has 3 amide bonds. The number of carbonyl (C=O) groups excluding carboxylic acids is 4. The second kappa shape index (κ2) is 17.4. The van der Waals surface area contributed by atoms with Gasteiger partial charge in [0.05, 0.1) is 43.2 Å². The zero-order valence-electron chi connectivity index (χ0n) is 29.6. The minimum absolute atomic E-state index is 0.0674. The SMILES string of the molecule is C=CCCC(=O)N[C@@H](COC)[C@@H](OC(=O)[C@@H]1[C@H]2C(=O)N([C@@H](CO)[C@@H](C)CC)[C@H](C(=O)N(CC=C)CCCC)[C@]23CC[C@H]1O3)c1ccccc1. The Morgan fingerprint density at radius 2 is 1.94 bits per heavy atom. The molecule has 11 nitrogen and oxygen atoms in total. The minimum Gasteiger partial charge on any atom is -0.455 e. The molecule has 1 aromatic carbocycles. The summed E-state index contributed by atoms with van der Waals surface area (Å²) in [6, 6.07) is 6.74. The van der Waals surface area contributed by atoms with Crippen molar-refractivity contribution in [2.24, 2.45) is 17.8 Å². The normalized spacial score (nSPS) is 26.4. The second-order valence-corrected chi connectivity index (χ2v) is 13.6. The quantitative estimate of drug-likeness (QED) is 0.156. The highest BCUT2D eigenvalue weighted by Gasteiger charge is 2.76. The van der Waals surface area contributed by atoms with E-state index in [0.717, 1.165) is 12.8 Å². The molecular weight excluding hydrogens is 626 g/mol. The van der Waals surface area contributed by atoms with Crippen LogP contribution >= 0.6 is 0 Å². The monoisotopic (exact) mass is 681 g/mol. The largest absolute Gasteiger partial charge is 0.455 e. The van der Waals surface area contributed by atoms with Crippen LogP contribution in [0.25, 0.3) is 0 Å². The van der Waals surface area contributed by atoms with Crippen LogP contribution in [-0.4, -0.2) is 102 Å². The summed E-state index contributed by atoms with van der Waals surface area (Å²) in [5.41, 5.74) is -0.594. The lowest BCUT2D eigenvalue weighted by molar-refractivity contribution is -0.164. The molecular formula is C38H55N3O8. The first kappa shape index (κ1) is 38.3. The van der Waals surface area contributed by atoms with Crippen molar-refractivity contribution in [1.29, 1.82) is 0 Å². The number of carbonyl (C=O) groups is 4. The van der Waals surface area contributed by atoms with Crippen molar-refractivity contribution in [3.8, 4) is 0 Å². The highest BCUT2D eigenvalue weighted by molar-refractivity contribution is 5.98. The predicted molar refractivity (Wildman–Crippen MR) is 185 cm³/mol. The highest BCUT2D eigenvalue weighted by Crippen LogP contribution is 2.59. The van der Waals surface area contributed by atoms with Gasteiger partial charge in [0, 0.05) is 26.6 Å². The summed E-state index contributed by atoms with van der Waals surface area (Å²) >= 11 is 0. The number of hydrogen-bond acceptors (Lipinski definition) is 8. The topological polar surface area (TPSA) is 135 Å². The number of aliphatic hydroxyl groups is 1. The van der Waals surface area contributed by atoms with E-state index in [1.165, 1.54) is 12.0 Å². The van der Waals surface area contributed by atoms with Crippen molar-refractivity contribution < 1.29 is 38.5 Å². The first-order valence-corrected chi connectivity index (χ1v) is 17.8. The molecule has 270 valence electrons. The Morgan fingerprint density at radius 1 is 1.20 bits per heavy atom. The summed E-state index contributed by atoms with van der Waals surface area (Å²) in [5, 5.41) is 13.6. The number of allylic oxidation sites excluding steroid dienone is 1. The van der Waals surface area contributed by atoms with Crippen molar-refractivity contribution in [3.63, 3.8) is 0 Å². The molecule has 0 aromatic heterocycles. The number of hydrogen-bond donors (Lipinski definition) is 2. The van der Waals surface area contributed by atoms with Gasteiger partial charge in [-0.2, -0.15) is 0 Å². The number of esters is 1. The predicted octanol–water partition coefficient (Wildman–Crippen LogP) is 3.96.